The Bertz CT molecular complexity index is 1020. The molecular weight excluding hydrogens is 432 g/mol. The fourth-order valence-electron chi connectivity index (χ4n) is 7.87. The molecule has 34 heavy (non-hydrogen) atoms. The zero-order valence-corrected chi connectivity index (χ0v) is 19.5. The van der Waals surface area contributed by atoms with Gasteiger partial charge in [-0.1, -0.05) is 19.3 Å². The summed E-state index contributed by atoms with van der Waals surface area (Å²) >= 11 is 0. The fourth-order valence-corrected chi connectivity index (χ4v) is 7.87. The van der Waals surface area contributed by atoms with Gasteiger partial charge in [0, 0.05) is 11.6 Å². The van der Waals surface area contributed by atoms with E-state index in [1.54, 1.807) is 0 Å². The maximum Gasteiger partial charge on any atom is 0.338 e. The molecule has 3 amide bonds. The highest BCUT2D eigenvalue weighted by atomic mass is 16.5. The van der Waals surface area contributed by atoms with Crippen molar-refractivity contribution in [2.45, 2.75) is 82.2 Å². The second-order valence-electron chi connectivity index (χ2n) is 11.4. The fraction of sp³-hybridized carbons (Fsp3) is 0.630. The van der Waals surface area contributed by atoms with Crippen molar-refractivity contribution >= 4 is 23.7 Å². The van der Waals surface area contributed by atoms with E-state index in [1.807, 2.05) is 0 Å². The molecule has 7 nitrogen and oxygen atoms in total. The Morgan fingerprint density at radius 2 is 1.53 bits per heavy atom. The Labute approximate surface area is 199 Å². The van der Waals surface area contributed by atoms with E-state index in [2.05, 4.69) is 5.32 Å². The number of imide groups is 1. The van der Waals surface area contributed by atoms with Gasteiger partial charge in [0.1, 0.15) is 0 Å². The van der Waals surface area contributed by atoms with E-state index in [4.69, 9.17) is 4.74 Å². The van der Waals surface area contributed by atoms with Gasteiger partial charge in [0.2, 0.25) is 0 Å². The molecule has 0 saturated heterocycles. The maximum absolute atomic E-state index is 13.0. The second-order valence-corrected chi connectivity index (χ2v) is 11.4. The monoisotopic (exact) mass is 464 g/mol. The van der Waals surface area contributed by atoms with Crippen LogP contribution in [-0.2, 0) is 9.53 Å². The van der Waals surface area contributed by atoms with Gasteiger partial charge >= 0.3 is 5.97 Å². The molecule has 7 heteroatoms. The van der Waals surface area contributed by atoms with E-state index in [0.29, 0.717) is 23.3 Å². The summed E-state index contributed by atoms with van der Waals surface area (Å²) in [4.78, 5) is 52.5. The van der Waals surface area contributed by atoms with E-state index in [-0.39, 0.29) is 47.0 Å². The molecule has 0 unspecified atom stereocenters. The van der Waals surface area contributed by atoms with Crippen LogP contribution >= 0.6 is 0 Å². The van der Waals surface area contributed by atoms with Crippen molar-refractivity contribution in [2.75, 3.05) is 6.61 Å². The van der Waals surface area contributed by atoms with Crippen LogP contribution in [0, 0.1) is 17.8 Å². The number of fused-ring (bicyclic) bond motifs is 1. The molecule has 5 aliphatic carbocycles. The summed E-state index contributed by atoms with van der Waals surface area (Å²) in [5.74, 6) is 0.630. The summed E-state index contributed by atoms with van der Waals surface area (Å²) in [7, 11) is 0. The summed E-state index contributed by atoms with van der Waals surface area (Å²) < 4.78 is 5.31. The lowest BCUT2D eigenvalue weighted by Gasteiger charge is -2.56. The summed E-state index contributed by atoms with van der Waals surface area (Å²) in [5.41, 5.74) is 0.656. The van der Waals surface area contributed by atoms with Crippen molar-refractivity contribution < 1.29 is 23.9 Å². The first-order chi connectivity index (χ1) is 16.4. The third kappa shape index (κ3) is 3.73. The minimum atomic E-state index is -0.653. The third-order valence-electron chi connectivity index (χ3n) is 8.87. The SMILES string of the molecule is O=C(COC(=O)c1ccc2c(c1)C(=O)N(C1CCCCC1)C2=O)NC12CC3CC(CC(C3)C1)C2. The van der Waals surface area contributed by atoms with Gasteiger partial charge < -0.3 is 10.1 Å². The molecule has 4 bridgehead atoms. The largest absolute Gasteiger partial charge is 0.452 e. The lowest BCUT2D eigenvalue weighted by molar-refractivity contribution is -0.130. The first-order valence-corrected chi connectivity index (χ1v) is 12.9. The zero-order valence-electron chi connectivity index (χ0n) is 19.5. The van der Waals surface area contributed by atoms with E-state index in [1.165, 1.54) is 42.4 Å². The van der Waals surface area contributed by atoms with Crippen LogP contribution in [0.1, 0.15) is 102 Å². The summed E-state index contributed by atoms with van der Waals surface area (Å²) in [6, 6.07) is 4.42. The lowest BCUT2D eigenvalue weighted by Crippen LogP contribution is -2.60. The van der Waals surface area contributed by atoms with Crippen LogP contribution in [0.2, 0.25) is 0 Å². The molecule has 1 heterocycles. The average molecular weight is 465 g/mol. The predicted molar refractivity (Wildman–Crippen MR) is 123 cm³/mol. The van der Waals surface area contributed by atoms with Crippen molar-refractivity contribution in [1.82, 2.24) is 10.2 Å². The number of hydrogen-bond donors (Lipinski definition) is 1. The van der Waals surface area contributed by atoms with Crippen LogP contribution < -0.4 is 5.32 Å². The van der Waals surface area contributed by atoms with Gasteiger partial charge in [0.15, 0.2) is 6.61 Å². The molecule has 7 rings (SSSR count). The van der Waals surface area contributed by atoms with Crippen molar-refractivity contribution in [3.05, 3.63) is 34.9 Å². The van der Waals surface area contributed by atoms with Crippen molar-refractivity contribution in [2.24, 2.45) is 17.8 Å². The third-order valence-corrected chi connectivity index (χ3v) is 8.87. The van der Waals surface area contributed by atoms with Gasteiger partial charge in [-0.05, 0) is 87.3 Å². The lowest BCUT2D eigenvalue weighted by atomic mass is 9.53. The first-order valence-electron chi connectivity index (χ1n) is 12.9. The number of carbonyl (C=O) groups is 4. The highest BCUT2D eigenvalue weighted by Gasteiger charge is 2.51. The number of amides is 3. The molecule has 0 aromatic heterocycles. The number of carbonyl (C=O) groups excluding carboxylic acids is 4. The van der Waals surface area contributed by atoms with Crippen LogP contribution in [0.5, 0.6) is 0 Å². The molecule has 1 N–H and O–H groups in total. The predicted octanol–water partition coefficient (Wildman–Crippen LogP) is 3.86. The number of nitrogens with zero attached hydrogens (tertiary/aromatic N) is 1. The van der Waals surface area contributed by atoms with Gasteiger partial charge in [-0.3, -0.25) is 19.3 Å². The number of hydrogen-bond acceptors (Lipinski definition) is 5. The van der Waals surface area contributed by atoms with Crippen molar-refractivity contribution in [1.29, 1.82) is 0 Å². The minimum absolute atomic E-state index is 0.0650. The number of nitrogens with one attached hydrogen (secondary N) is 1. The molecule has 5 saturated carbocycles. The molecular formula is C27H32N2O5. The van der Waals surface area contributed by atoms with Gasteiger partial charge in [-0.2, -0.15) is 0 Å². The maximum atomic E-state index is 13.0. The molecule has 1 aliphatic heterocycles. The molecule has 1 aromatic rings. The highest BCUT2D eigenvalue weighted by Crippen LogP contribution is 2.55. The van der Waals surface area contributed by atoms with Crippen LogP contribution in [-0.4, -0.2) is 46.8 Å². The minimum Gasteiger partial charge on any atom is -0.452 e. The van der Waals surface area contributed by atoms with E-state index in [9.17, 15) is 19.2 Å². The van der Waals surface area contributed by atoms with Crippen LogP contribution in [0.25, 0.3) is 0 Å². The highest BCUT2D eigenvalue weighted by molar-refractivity contribution is 6.22. The number of rotatable bonds is 5. The Hall–Kier alpha value is -2.70. The standard InChI is InChI=1S/C27H32N2O5/c30-23(28-27-12-16-8-17(13-27)10-18(9-16)14-27)15-34-26(33)19-6-7-21-22(11-19)25(32)29(24(21)31)20-4-2-1-3-5-20/h6-7,11,16-18,20H,1-5,8-10,12-15H2,(H,28,30). The molecule has 1 aromatic carbocycles. The topological polar surface area (TPSA) is 92.8 Å². The van der Waals surface area contributed by atoms with Crippen LogP contribution in [0.4, 0.5) is 0 Å². The average Bonchev–Trinajstić information content (AvgIpc) is 3.06. The molecule has 0 atom stereocenters. The quantitative estimate of drug-likeness (QED) is 0.528. The van der Waals surface area contributed by atoms with E-state index >= 15 is 0 Å². The van der Waals surface area contributed by atoms with Crippen LogP contribution in [0.3, 0.4) is 0 Å². The molecule has 5 fully saturated rings. The number of esters is 1. The molecule has 6 aliphatic rings. The zero-order chi connectivity index (χ0) is 23.4. The Kier molecular flexibility index (Phi) is 5.26. The van der Waals surface area contributed by atoms with Crippen molar-refractivity contribution in [3.8, 4) is 0 Å². The molecule has 180 valence electrons. The van der Waals surface area contributed by atoms with E-state index < -0.39 is 5.97 Å². The van der Waals surface area contributed by atoms with E-state index in [0.717, 1.165) is 51.4 Å². The first kappa shape index (κ1) is 21.8. The molecule has 0 radical (unpaired) electrons. The molecule has 0 spiro atoms. The van der Waals surface area contributed by atoms with Gasteiger partial charge in [-0.25, -0.2) is 4.79 Å². The van der Waals surface area contributed by atoms with Gasteiger partial charge in [0.05, 0.1) is 16.7 Å². The normalized spacial score (nSPS) is 32.1. The summed E-state index contributed by atoms with van der Waals surface area (Å²) in [5, 5.41) is 3.21. The summed E-state index contributed by atoms with van der Waals surface area (Å²) in [6.07, 6.45) is 11.8. The second kappa shape index (κ2) is 8.21. The number of ether oxygens (including phenoxy) is 1. The summed E-state index contributed by atoms with van der Waals surface area (Å²) in [6.45, 7) is -0.335. The smallest absolute Gasteiger partial charge is 0.338 e. The van der Waals surface area contributed by atoms with Gasteiger partial charge in [-0.15, -0.1) is 0 Å². The Morgan fingerprint density at radius 1 is 0.912 bits per heavy atom. The Morgan fingerprint density at radius 3 is 2.18 bits per heavy atom. The van der Waals surface area contributed by atoms with Crippen molar-refractivity contribution in [3.63, 3.8) is 0 Å². The van der Waals surface area contributed by atoms with Crippen LogP contribution in [0.15, 0.2) is 18.2 Å². The number of benzene rings is 1. The van der Waals surface area contributed by atoms with Gasteiger partial charge in [0.25, 0.3) is 17.7 Å². The Balaban J connectivity index is 1.09.